The van der Waals surface area contributed by atoms with Crippen LogP contribution in [0.25, 0.3) is 0 Å². The van der Waals surface area contributed by atoms with E-state index in [-0.39, 0.29) is 23.2 Å². The highest BCUT2D eigenvalue weighted by molar-refractivity contribution is 7.91. The van der Waals surface area contributed by atoms with E-state index in [1.807, 2.05) is 13.0 Å². The molecule has 1 saturated carbocycles. The van der Waals surface area contributed by atoms with Crippen molar-refractivity contribution in [2.75, 3.05) is 6.26 Å². The molecular formula is C15H22FNO2S. The average Bonchev–Trinajstić information content (AvgIpc) is 2.38. The van der Waals surface area contributed by atoms with Gasteiger partial charge in [-0.05, 0) is 43.9 Å². The molecule has 1 aliphatic carbocycles. The van der Waals surface area contributed by atoms with Crippen LogP contribution in [0.3, 0.4) is 0 Å². The van der Waals surface area contributed by atoms with Gasteiger partial charge in [0.15, 0.2) is 0 Å². The fourth-order valence-corrected chi connectivity index (χ4v) is 4.09. The van der Waals surface area contributed by atoms with Crippen molar-refractivity contribution in [1.82, 2.24) is 5.32 Å². The van der Waals surface area contributed by atoms with Gasteiger partial charge in [-0.2, -0.15) is 0 Å². The first kappa shape index (κ1) is 15.4. The maximum atomic E-state index is 13.2. The van der Waals surface area contributed by atoms with Crippen LogP contribution in [0.15, 0.2) is 24.3 Å². The second-order valence-electron chi connectivity index (χ2n) is 5.76. The van der Waals surface area contributed by atoms with Gasteiger partial charge in [0.25, 0.3) is 0 Å². The largest absolute Gasteiger partial charge is 0.307 e. The highest BCUT2D eigenvalue weighted by Crippen LogP contribution is 2.26. The summed E-state index contributed by atoms with van der Waals surface area (Å²) in [4.78, 5) is 0. The molecule has 0 bridgehead atoms. The molecule has 1 aliphatic rings. The Bertz CT molecular complexity index is 559. The Kier molecular flexibility index (Phi) is 4.81. The normalized spacial score (nSPS) is 25.4. The number of rotatable bonds is 4. The monoisotopic (exact) mass is 299 g/mol. The van der Waals surface area contributed by atoms with E-state index in [0.29, 0.717) is 6.42 Å². The Morgan fingerprint density at radius 1 is 1.35 bits per heavy atom. The molecule has 3 unspecified atom stereocenters. The van der Waals surface area contributed by atoms with Crippen molar-refractivity contribution >= 4 is 9.84 Å². The lowest BCUT2D eigenvalue weighted by molar-refractivity contribution is 0.346. The van der Waals surface area contributed by atoms with Crippen molar-refractivity contribution in [3.8, 4) is 0 Å². The van der Waals surface area contributed by atoms with Gasteiger partial charge in [-0.15, -0.1) is 0 Å². The molecule has 0 aliphatic heterocycles. The van der Waals surface area contributed by atoms with Crippen LogP contribution < -0.4 is 5.32 Å². The van der Waals surface area contributed by atoms with Crippen molar-refractivity contribution in [2.45, 2.75) is 49.9 Å². The van der Waals surface area contributed by atoms with Gasteiger partial charge in [-0.3, -0.25) is 0 Å². The molecule has 0 saturated heterocycles. The number of nitrogens with one attached hydrogen (secondary N) is 1. The number of hydrogen-bond acceptors (Lipinski definition) is 3. The van der Waals surface area contributed by atoms with Crippen LogP contribution in [-0.2, 0) is 9.84 Å². The quantitative estimate of drug-likeness (QED) is 0.930. The van der Waals surface area contributed by atoms with Crippen LogP contribution >= 0.6 is 0 Å². The van der Waals surface area contributed by atoms with Crippen molar-refractivity contribution < 1.29 is 12.8 Å². The second-order valence-corrected chi connectivity index (χ2v) is 8.08. The van der Waals surface area contributed by atoms with Gasteiger partial charge in [-0.1, -0.05) is 18.6 Å². The molecule has 112 valence electrons. The highest BCUT2D eigenvalue weighted by atomic mass is 32.2. The first-order chi connectivity index (χ1) is 9.36. The lowest BCUT2D eigenvalue weighted by Gasteiger charge is -2.31. The van der Waals surface area contributed by atoms with E-state index in [1.54, 1.807) is 6.07 Å². The Morgan fingerprint density at radius 2 is 2.10 bits per heavy atom. The summed E-state index contributed by atoms with van der Waals surface area (Å²) in [5, 5.41) is 3.19. The Morgan fingerprint density at radius 3 is 2.75 bits per heavy atom. The maximum absolute atomic E-state index is 13.2. The first-order valence-electron chi connectivity index (χ1n) is 7.06. The molecule has 2 rings (SSSR count). The molecule has 1 N–H and O–H groups in total. The molecule has 20 heavy (non-hydrogen) atoms. The van der Waals surface area contributed by atoms with Crippen molar-refractivity contribution in [1.29, 1.82) is 0 Å². The molecule has 3 nitrogen and oxygen atoms in total. The molecule has 1 aromatic carbocycles. The van der Waals surface area contributed by atoms with Gasteiger partial charge in [0, 0.05) is 18.3 Å². The van der Waals surface area contributed by atoms with Crippen LogP contribution in [-0.4, -0.2) is 26.0 Å². The second kappa shape index (κ2) is 6.22. The fourth-order valence-electron chi connectivity index (χ4n) is 2.91. The topological polar surface area (TPSA) is 46.2 Å². The van der Waals surface area contributed by atoms with Crippen LogP contribution in [0.2, 0.25) is 0 Å². The summed E-state index contributed by atoms with van der Waals surface area (Å²) < 4.78 is 36.5. The SMILES string of the molecule is CC(NC1CCCC(S(C)(=O)=O)C1)c1cccc(F)c1. The summed E-state index contributed by atoms with van der Waals surface area (Å²) in [7, 11) is -2.97. The van der Waals surface area contributed by atoms with Crippen LogP contribution in [0, 0.1) is 5.82 Å². The summed E-state index contributed by atoms with van der Waals surface area (Å²) in [5.74, 6) is -0.242. The molecule has 3 atom stereocenters. The summed E-state index contributed by atoms with van der Waals surface area (Å²) >= 11 is 0. The zero-order valence-electron chi connectivity index (χ0n) is 12.0. The van der Waals surface area contributed by atoms with E-state index < -0.39 is 9.84 Å². The van der Waals surface area contributed by atoms with Gasteiger partial charge in [-0.25, -0.2) is 12.8 Å². The van der Waals surface area contributed by atoms with Gasteiger partial charge in [0.1, 0.15) is 15.7 Å². The van der Waals surface area contributed by atoms with E-state index in [1.165, 1.54) is 18.4 Å². The minimum Gasteiger partial charge on any atom is -0.307 e. The van der Waals surface area contributed by atoms with Crippen LogP contribution in [0.4, 0.5) is 4.39 Å². The Balaban J connectivity index is 1.99. The summed E-state index contributed by atoms with van der Waals surface area (Å²) in [6.45, 7) is 1.98. The zero-order valence-corrected chi connectivity index (χ0v) is 12.8. The van der Waals surface area contributed by atoms with Crippen LogP contribution in [0.5, 0.6) is 0 Å². The first-order valence-corrected chi connectivity index (χ1v) is 9.02. The number of hydrogen-bond donors (Lipinski definition) is 1. The summed E-state index contributed by atoms with van der Waals surface area (Å²) in [5.41, 5.74) is 0.895. The molecule has 0 aromatic heterocycles. The molecular weight excluding hydrogens is 277 g/mol. The fraction of sp³-hybridized carbons (Fsp3) is 0.600. The molecule has 0 spiro atoms. The van der Waals surface area contributed by atoms with Gasteiger partial charge in [0.2, 0.25) is 0 Å². The molecule has 1 fully saturated rings. The van der Waals surface area contributed by atoms with Crippen molar-refractivity contribution in [3.63, 3.8) is 0 Å². The van der Waals surface area contributed by atoms with E-state index in [4.69, 9.17) is 0 Å². The molecule has 1 aromatic rings. The smallest absolute Gasteiger partial charge is 0.150 e. The molecule has 0 amide bonds. The van der Waals surface area contributed by atoms with Gasteiger partial charge >= 0.3 is 0 Å². The summed E-state index contributed by atoms with van der Waals surface area (Å²) in [6, 6.07) is 6.74. The zero-order chi connectivity index (χ0) is 14.8. The number of halogens is 1. The van der Waals surface area contributed by atoms with Crippen molar-refractivity contribution in [3.05, 3.63) is 35.6 Å². The van der Waals surface area contributed by atoms with Gasteiger partial charge < -0.3 is 5.32 Å². The standard InChI is InChI=1S/C15H22FNO2S/c1-11(12-5-3-6-13(16)9-12)17-14-7-4-8-15(10-14)20(2,18)19/h3,5-6,9,11,14-15,17H,4,7-8,10H2,1-2H3. The average molecular weight is 299 g/mol. The highest BCUT2D eigenvalue weighted by Gasteiger charge is 2.29. The lowest BCUT2D eigenvalue weighted by atomic mass is 9.93. The van der Waals surface area contributed by atoms with E-state index in [0.717, 1.165) is 24.8 Å². The van der Waals surface area contributed by atoms with Crippen molar-refractivity contribution in [2.24, 2.45) is 0 Å². The predicted octanol–water partition coefficient (Wildman–Crippen LogP) is 2.83. The number of benzene rings is 1. The summed E-state index contributed by atoms with van der Waals surface area (Å²) in [6.07, 6.45) is 4.62. The van der Waals surface area contributed by atoms with E-state index in [2.05, 4.69) is 5.32 Å². The minimum absolute atomic E-state index is 0.0222. The third kappa shape index (κ3) is 4.03. The van der Waals surface area contributed by atoms with E-state index in [9.17, 15) is 12.8 Å². The molecule has 5 heteroatoms. The number of sulfone groups is 1. The Hall–Kier alpha value is -0.940. The minimum atomic E-state index is -2.97. The lowest BCUT2D eigenvalue weighted by Crippen LogP contribution is -2.39. The maximum Gasteiger partial charge on any atom is 0.150 e. The van der Waals surface area contributed by atoms with Crippen LogP contribution in [0.1, 0.15) is 44.2 Å². The molecule has 0 heterocycles. The van der Waals surface area contributed by atoms with Gasteiger partial charge in [0.05, 0.1) is 5.25 Å². The third-order valence-electron chi connectivity index (χ3n) is 4.07. The molecule has 0 radical (unpaired) electrons. The Labute approximate surface area is 120 Å². The predicted molar refractivity (Wildman–Crippen MR) is 78.8 cm³/mol. The third-order valence-corrected chi connectivity index (χ3v) is 5.71. The van der Waals surface area contributed by atoms with E-state index >= 15 is 0 Å².